The van der Waals surface area contributed by atoms with Crippen molar-refractivity contribution in [1.29, 1.82) is 0 Å². The molecule has 0 spiro atoms. The number of carbonyl (C=O) groups excluding carboxylic acids is 2. The highest BCUT2D eigenvalue weighted by molar-refractivity contribution is 6.09. The van der Waals surface area contributed by atoms with Gasteiger partial charge in [-0.05, 0) is 18.2 Å². The second-order valence-corrected chi connectivity index (χ2v) is 5.53. The molecular weight excluding hydrogens is 300 g/mol. The zero-order chi connectivity index (χ0) is 16.4. The summed E-state index contributed by atoms with van der Waals surface area (Å²) in [6.45, 7) is 0. The van der Waals surface area contributed by atoms with E-state index in [0.29, 0.717) is 0 Å². The molecule has 116 valence electrons. The van der Waals surface area contributed by atoms with Crippen molar-refractivity contribution in [3.63, 3.8) is 0 Å². The molecular formula is C17H12O6. The van der Waals surface area contributed by atoms with Crippen LogP contribution in [0.25, 0.3) is 0 Å². The summed E-state index contributed by atoms with van der Waals surface area (Å²) in [6.07, 6.45) is 0. The number of Topliss-reactive ketones (excluding diaryl/α,β-unsaturated/α-hetero) is 1. The molecule has 6 nitrogen and oxygen atoms in total. The lowest BCUT2D eigenvalue weighted by molar-refractivity contribution is -0.224. The fraction of sp³-hybridized carbons (Fsp3) is 0.176. The Kier molecular flexibility index (Phi) is 2.53. The van der Waals surface area contributed by atoms with Crippen LogP contribution in [0.5, 0.6) is 5.75 Å². The molecule has 1 aliphatic heterocycles. The van der Waals surface area contributed by atoms with Gasteiger partial charge in [-0.3, -0.25) is 4.79 Å². The Bertz CT molecular complexity index is 873. The van der Waals surface area contributed by atoms with E-state index >= 15 is 0 Å². The topological polar surface area (TPSA) is 93.1 Å². The molecule has 0 amide bonds. The van der Waals surface area contributed by atoms with Crippen molar-refractivity contribution in [2.24, 2.45) is 0 Å². The zero-order valence-corrected chi connectivity index (χ0v) is 12.1. The molecule has 0 saturated heterocycles. The van der Waals surface area contributed by atoms with Gasteiger partial charge in [-0.25, -0.2) is 4.79 Å². The van der Waals surface area contributed by atoms with E-state index in [1.165, 1.54) is 37.4 Å². The Morgan fingerprint density at radius 3 is 2.61 bits per heavy atom. The third kappa shape index (κ3) is 1.44. The maximum absolute atomic E-state index is 12.7. The standard InChI is InChI=1S/C17H12O6/c1-22-15(19)9-6-7-13-12(8-9)16(20)14(18)10-4-2-3-5-11(10)17(16,21)23-13/h2-8,20-21H,1H3. The van der Waals surface area contributed by atoms with Gasteiger partial charge in [0.25, 0.3) is 5.79 Å². The summed E-state index contributed by atoms with van der Waals surface area (Å²) in [5.74, 6) is -3.35. The molecule has 2 unspecified atom stereocenters. The monoisotopic (exact) mass is 312 g/mol. The molecule has 0 saturated carbocycles. The van der Waals surface area contributed by atoms with Gasteiger partial charge in [0.1, 0.15) is 5.75 Å². The number of hydrogen-bond donors (Lipinski definition) is 2. The summed E-state index contributed by atoms with van der Waals surface area (Å²) in [5, 5.41) is 21.9. The Labute approximate surface area is 130 Å². The molecule has 2 aromatic carbocycles. The molecule has 0 bridgehead atoms. The van der Waals surface area contributed by atoms with Crippen LogP contribution in [0.1, 0.15) is 31.8 Å². The van der Waals surface area contributed by atoms with Crippen LogP contribution in [0, 0.1) is 0 Å². The van der Waals surface area contributed by atoms with Crippen LogP contribution in [0.2, 0.25) is 0 Å². The minimum absolute atomic E-state index is 0.0455. The van der Waals surface area contributed by atoms with Crippen molar-refractivity contribution >= 4 is 11.8 Å². The number of esters is 1. The number of ketones is 1. The number of methoxy groups -OCH3 is 1. The van der Waals surface area contributed by atoms with Crippen molar-refractivity contribution in [3.05, 3.63) is 64.7 Å². The van der Waals surface area contributed by atoms with E-state index in [4.69, 9.17) is 4.74 Å². The molecule has 23 heavy (non-hydrogen) atoms. The van der Waals surface area contributed by atoms with Crippen molar-refractivity contribution < 1.29 is 29.3 Å². The second kappa shape index (κ2) is 4.18. The van der Waals surface area contributed by atoms with Crippen molar-refractivity contribution in [2.45, 2.75) is 11.4 Å². The van der Waals surface area contributed by atoms with Crippen molar-refractivity contribution in [3.8, 4) is 5.75 Å². The molecule has 0 fully saturated rings. The van der Waals surface area contributed by atoms with E-state index in [0.717, 1.165) is 0 Å². The maximum atomic E-state index is 12.7. The number of carbonyl (C=O) groups is 2. The van der Waals surface area contributed by atoms with Gasteiger partial charge in [-0.15, -0.1) is 0 Å². The highest BCUT2D eigenvalue weighted by Gasteiger charge is 2.70. The number of rotatable bonds is 1. The first-order valence-corrected chi connectivity index (χ1v) is 6.94. The first-order valence-electron chi connectivity index (χ1n) is 6.94. The summed E-state index contributed by atoms with van der Waals surface area (Å²) in [7, 11) is 1.23. The van der Waals surface area contributed by atoms with Crippen LogP contribution >= 0.6 is 0 Å². The first kappa shape index (κ1) is 13.9. The van der Waals surface area contributed by atoms with Gasteiger partial charge in [0.2, 0.25) is 11.4 Å². The van der Waals surface area contributed by atoms with E-state index in [-0.39, 0.29) is 28.0 Å². The SMILES string of the molecule is COC(=O)c1ccc2c(c1)C1(O)C(=O)c3ccccc3C1(O)O2. The van der Waals surface area contributed by atoms with Crippen molar-refractivity contribution in [1.82, 2.24) is 0 Å². The summed E-state index contributed by atoms with van der Waals surface area (Å²) in [4.78, 5) is 24.4. The predicted molar refractivity (Wildman–Crippen MR) is 77.0 cm³/mol. The van der Waals surface area contributed by atoms with E-state index in [2.05, 4.69) is 4.74 Å². The second-order valence-electron chi connectivity index (χ2n) is 5.53. The molecule has 2 aromatic rings. The number of hydrogen-bond acceptors (Lipinski definition) is 6. The summed E-state index contributed by atoms with van der Waals surface area (Å²) >= 11 is 0. The van der Waals surface area contributed by atoms with Crippen LogP contribution in [0.4, 0.5) is 0 Å². The summed E-state index contributed by atoms with van der Waals surface area (Å²) in [5.41, 5.74) is -1.72. The molecule has 0 radical (unpaired) electrons. The van der Waals surface area contributed by atoms with Gasteiger partial charge >= 0.3 is 5.97 Å². The van der Waals surface area contributed by atoms with Crippen molar-refractivity contribution in [2.75, 3.05) is 7.11 Å². The lowest BCUT2D eigenvalue weighted by Gasteiger charge is -2.28. The van der Waals surface area contributed by atoms with Crippen LogP contribution in [-0.4, -0.2) is 29.1 Å². The van der Waals surface area contributed by atoms with Crippen LogP contribution in [-0.2, 0) is 16.1 Å². The number of benzene rings is 2. The summed E-state index contributed by atoms with van der Waals surface area (Å²) in [6, 6.07) is 10.5. The lowest BCUT2D eigenvalue weighted by atomic mass is 9.86. The van der Waals surface area contributed by atoms with Crippen LogP contribution < -0.4 is 4.74 Å². The average Bonchev–Trinajstić information content (AvgIpc) is 2.91. The van der Waals surface area contributed by atoms with E-state index in [1.54, 1.807) is 12.1 Å². The Morgan fingerprint density at radius 1 is 1.13 bits per heavy atom. The zero-order valence-electron chi connectivity index (χ0n) is 12.1. The largest absolute Gasteiger partial charge is 0.465 e. The predicted octanol–water partition coefficient (Wildman–Crippen LogP) is 1.09. The average molecular weight is 312 g/mol. The fourth-order valence-corrected chi connectivity index (χ4v) is 3.26. The normalized spacial score (nSPS) is 27.0. The van der Waals surface area contributed by atoms with E-state index in [1.807, 2.05) is 0 Å². The molecule has 2 aliphatic rings. The maximum Gasteiger partial charge on any atom is 0.337 e. The Morgan fingerprint density at radius 2 is 1.87 bits per heavy atom. The number of ether oxygens (including phenoxy) is 2. The van der Waals surface area contributed by atoms with Gasteiger partial charge < -0.3 is 19.7 Å². The lowest BCUT2D eigenvalue weighted by Crippen LogP contribution is -2.48. The number of aliphatic hydroxyl groups is 2. The summed E-state index contributed by atoms with van der Waals surface area (Å²) < 4.78 is 10.2. The third-order valence-electron chi connectivity index (χ3n) is 4.40. The Hall–Kier alpha value is -2.70. The van der Waals surface area contributed by atoms with Gasteiger partial charge in [0.15, 0.2) is 0 Å². The molecule has 2 N–H and O–H groups in total. The van der Waals surface area contributed by atoms with Gasteiger partial charge in [0, 0.05) is 16.7 Å². The molecule has 2 atom stereocenters. The number of fused-ring (bicyclic) bond motifs is 5. The van der Waals surface area contributed by atoms with Gasteiger partial charge in [-0.1, -0.05) is 24.3 Å². The highest BCUT2D eigenvalue weighted by Crippen LogP contribution is 2.57. The molecule has 4 rings (SSSR count). The van der Waals surface area contributed by atoms with Gasteiger partial charge in [-0.2, -0.15) is 0 Å². The van der Waals surface area contributed by atoms with Crippen LogP contribution in [0.15, 0.2) is 42.5 Å². The van der Waals surface area contributed by atoms with E-state index < -0.39 is 23.1 Å². The van der Waals surface area contributed by atoms with Gasteiger partial charge in [0.05, 0.1) is 12.7 Å². The smallest absolute Gasteiger partial charge is 0.337 e. The fourth-order valence-electron chi connectivity index (χ4n) is 3.26. The molecule has 1 aliphatic carbocycles. The third-order valence-corrected chi connectivity index (χ3v) is 4.40. The minimum Gasteiger partial charge on any atom is -0.465 e. The van der Waals surface area contributed by atoms with Crippen LogP contribution in [0.3, 0.4) is 0 Å². The minimum atomic E-state index is -2.30. The van der Waals surface area contributed by atoms with E-state index in [9.17, 15) is 19.8 Å². The first-order chi connectivity index (χ1) is 10.9. The molecule has 6 heteroatoms. The molecule has 0 aromatic heterocycles. The highest BCUT2D eigenvalue weighted by atomic mass is 16.7. The molecule has 1 heterocycles. The quantitative estimate of drug-likeness (QED) is 0.766. The Balaban J connectivity index is 1.97.